The lowest BCUT2D eigenvalue weighted by molar-refractivity contribution is 0.00578. The van der Waals surface area contributed by atoms with Crippen LogP contribution in [-0.4, -0.2) is 23.3 Å². The second-order valence-corrected chi connectivity index (χ2v) is 5.59. The average molecular weight is 244 g/mol. The van der Waals surface area contributed by atoms with Crippen LogP contribution >= 0.6 is 0 Å². The summed E-state index contributed by atoms with van der Waals surface area (Å²) in [4.78, 5) is 4.38. The summed E-state index contributed by atoms with van der Waals surface area (Å²) in [6.45, 7) is 9.81. The molecule has 0 aromatic carbocycles. The molecule has 5 heteroatoms. The zero-order valence-electron chi connectivity index (χ0n) is 11.4. The van der Waals surface area contributed by atoms with E-state index < -0.39 is 18.3 Å². The van der Waals surface area contributed by atoms with Crippen molar-refractivity contribution in [2.45, 2.75) is 45.8 Å². The fraction of sp³-hybridized carbons (Fsp3) is 0.538. The van der Waals surface area contributed by atoms with Crippen LogP contribution < -0.4 is 5.59 Å². The van der Waals surface area contributed by atoms with Crippen molar-refractivity contribution in [2.75, 3.05) is 0 Å². The van der Waals surface area contributed by atoms with Gasteiger partial charge in [0.25, 0.3) is 0 Å². The second-order valence-electron chi connectivity index (χ2n) is 5.59. The highest BCUT2D eigenvalue weighted by molar-refractivity contribution is 6.61. The van der Waals surface area contributed by atoms with E-state index in [2.05, 4.69) is 11.1 Å². The molecule has 18 heavy (non-hydrogen) atoms. The third kappa shape index (κ3) is 2.02. The van der Waals surface area contributed by atoms with Crippen molar-refractivity contribution in [3.8, 4) is 6.07 Å². The third-order valence-electron chi connectivity index (χ3n) is 3.66. The molecule has 4 nitrogen and oxygen atoms in total. The van der Waals surface area contributed by atoms with Crippen LogP contribution in [0.4, 0.5) is 0 Å². The first-order chi connectivity index (χ1) is 8.27. The second kappa shape index (κ2) is 4.08. The fourth-order valence-corrected chi connectivity index (χ4v) is 1.81. The minimum absolute atomic E-state index is 0.421. The van der Waals surface area contributed by atoms with Gasteiger partial charge in [0, 0.05) is 5.69 Å². The Kier molecular flexibility index (Phi) is 2.96. The molecule has 1 aromatic heterocycles. The minimum atomic E-state index is -0.579. The van der Waals surface area contributed by atoms with Crippen LogP contribution in [0.1, 0.15) is 39.0 Å². The highest BCUT2D eigenvalue weighted by Gasteiger charge is 2.53. The molecule has 0 spiro atoms. The maximum atomic E-state index is 9.13. The van der Waals surface area contributed by atoms with E-state index in [0.29, 0.717) is 11.2 Å². The van der Waals surface area contributed by atoms with Crippen LogP contribution in [0.2, 0.25) is 0 Å². The number of rotatable bonds is 1. The van der Waals surface area contributed by atoms with Crippen molar-refractivity contribution in [3.63, 3.8) is 0 Å². The van der Waals surface area contributed by atoms with Crippen LogP contribution in [0.5, 0.6) is 0 Å². The Morgan fingerprint density at radius 3 is 2.22 bits per heavy atom. The van der Waals surface area contributed by atoms with Gasteiger partial charge in [-0.05, 0) is 46.8 Å². The Hall–Kier alpha value is -1.38. The van der Waals surface area contributed by atoms with Gasteiger partial charge in [-0.25, -0.2) is 0 Å². The van der Waals surface area contributed by atoms with E-state index in [9.17, 15) is 0 Å². The Morgan fingerprint density at radius 1 is 1.17 bits per heavy atom. The van der Waals surface area contributed by atoms with Gasteiger partial charge in [-0.3, -0.25) is 4.98 Å². The molecule has 1 aliphatic heterocycles. The van der Waals surface area contributed by atoms with Crippen LogP contribution in [0.25, 0.3) is 0 Å². The number of aromatic nitrogens is 1. The van der Waals surface area contributed by atoms with Gasteiger partial charge in [-0.2, -0.15) is 5.26 Å². The number of nitrogens with zero attached hydrogens (tertiary/aromatic N) is 2. The van der Waals surface area contributed by atoms with Gasteiger partial charge in [0.1, 0.15) is 6.07 Å². The minimum Gasteiger partial charge on any atom is -0.398 e. The van der Waals surface area contributed by atoms with Crippen LogP contribution in [0.15, 0.2) is 12.1 Å². The van der Waals surface area contributed by atoms with E-state index >= 15 is 0 Å². The quantitative estimate of drug-likeness (QED) is 0.703. The van der Waals surface area contributed by atoms with E-state index in [1.807, 2.05) is 40.7 Å². The van der Waals surface area contributed by atoms with Gasteiger partial charge >= 0.3 is 7.12 Å². The lowest BCUT2D eigenvalue weighted by Gasteiger charge is -2.32. The molecule has 0 unspecified atom stereocenters. The molecule has 0 bridgehead atoms. The Bertz CT molecular complexity index is 504. The average Bonchev–Trinajstić information content (AvgIpc) is 2.48. The van der Waals surface area contributed by atoms with Crippen molar-refractivity contribution in [2.24, 2.45) is 0 Å². The summed E-state index contributed by atoms with van der Waals surface area (Å²) in [6.07, 6.45) is 0. The zero-order chi connectivity index (χ0) is 13.6. The van der Waals surface area contributed by atoms with Crippen LogP contribution in [0.3, 0.4) is 0 Å². The molecule has 0 atom stereocenters. The Labute approximate surface area is 108 Å². The van der Waals surface area contributed by atoms with Gasteiger partial charge in [0.15, 0.2) is 0 Å². The fourth-order valence-electron chi connectivity index (χ4n) is 1.81. The molecule has 1 aliphatic rings. The molecular weight excluding hydrogens is 227 g/mol. The molecule has 1 aromatic rings. The van der Waals surface area contributed by atoms with Crippen molar-refractivity contribution in [3.05, 3.63) is 23.4 Å². The lowest BCUT2D eigenvalue weighted by Crippen LogP contribution is -2.41. The number of aryl methyl sites for hydroxylation is 1. The lowest BCUT2D eigenvalue weighted by atomic mass is 9.81. The van der Waals surface area contributed by atoms with Gasteiger partial charge in [0.05, 0.1) is 22.4 Å². The van der Waals surface area contributed by atoms with E-state index in [4.69, 9.17) is 14.6 Å². The molecule has 1 saturated heterocycles. The maximum Gasteiger partial charge on any atom is 0.515 e. The highest BCUT2D eigenvalue weighted by Crippen LogP contribution is 2.36. The number of hydrogen-bond acceptors (Lipinski definition) is 4. The van der Waals surface area contributed by atoms with E-state index in [1.165, 1.54) is 0 Å². The van der Waals surface area contributed by atoms with Crippen molar-refractivity contribution >= 4 is 12.7 Å². The number of hydrogen-bond donors (Lipinski definition) is 0. The first-order valence-corrected chi connectivity index (χ1v) is 6.00. The van der Waals surface area contributed by atoms with Gasteiger partial charge in [-0.1, -0.05) is 0 Å². The van der Waals surface area contributed by atoms with Gasteiger partial charge in [0.2, 0.25) is 0 Å². The molecule has 2 heterocycles. The third-order valence-corrected chi connectivity index (χ3v) is 3.66. The standard InChI is InChI=1S/C13H17BN2O2/c1-9-6-7-10(8-15)11(16-9)14-17-12(2,3)13(4,5)18-14/h6-7H,1-5H3. The molecule has 0 saturated carbocycles. The first-order valence-electron chi connectivity index (χ1n) is 6.00. The molecular formula is C13H17BN2O2. The Morgan fingerprint density at radius 2 is 1.72 bits per heavy atom. The molecule has 0 amide bonds. The van der Waals surface area contributed by atoms with Gasteiger partial charge < -0.3 is 9.31 Å². The summed E-state index contributed by atoms with van der Waals surface area (Å²) >= 11 is 0. The molecule has 0 aliphatic carbocycles. The summed E-state index contributed by atoms with van der Waals surface area (Å²) in [6, 6.07) is 5.70. The van der Waals surface area contributed by atoms with Crippen molar-refractivity contribution in [1.29, 1.82) is 5.26 Å². The van der Waals surface area contributed by atoms with E-state index in [1.54, 1.807) is 6.07 Å². The summed E-state index contributed by atoms with van der Waals surface area (Å²) in [7, 11) is -0.579. The van der Waals surface area contributed by atoms with E-state index in [0.717, 1.165) is 5.69 Å². The molecule has 94 valence electrons. The SMILES string of the molecule is Cc1ccc(C#N)c(B2OC(C)(C)C(C)(C)O2)n1. The summed E-state index contributed by atoms with van der Waals surface area (Å²) in [5.74, 6) is 0. The normalized spacial score (nSPS) is 20.8. The van der Waals surface area contributed by atoms with Crippen molar-refractivity contribution in [1.82, 2.24) is 4.98 Å². The number of pyridine rings is 1. The first kappa shape index (κ1) is 13.1. The van der Waals surface area contributed by atoms with Crippen LogP contribution in [0, 0.1) is 18.3 Å². The van der Waals surface area contributed by atoms with Gasteiger partial charge in [-0.15, -0.1) is 0 Å². The topological polar surface area (TPSA) is 55.1 Å². The van der Waals surface area contributed by atoms with Crippen LogP contribution in [-0.2, 0) is 9.31 Å². The largest absolute Gasteiger partial charge is 0.515 e. The summed E-state index contributed by atoms with van der Waals surface area (Å²) in [5, 5.41) is 9.13. The molecule has 0 radical (unpaired) electrons. The maximum absolute atomic E-state index is 9.13. The monoisotopic (exact) mass is 244 g/mol. The van der Waals surface area contributed by atoms with Crippen molar-refractivity contribution < 1.29 is 9.31 Å². The molecule has 0 N–H and O–H groups in total. The zero-order valence-corrected chi connectivity index (χ0v) is 11.4. The Balaban J connectivity index is 2.41. The summed E-state index contributed by atoms with van der Waals surface area (Å²) in [5.41, 5.74) is 1.07. The number of nitriles is 1. The predicted molar refractivity (Wildman–Crippen MR) is 69.4 cm³/mol. The highest BCUT2D eigenvalue weighted by atomic mass is 16.7. The van der Waals surface area contributed by atoms with E-state index in [-0.39, 0.29) is 0 Å². The predicted octanol–water partition coefficient (Wildman–Crippen LogP) is 1.56. The summed E-state index contributed by atoms with van der Waals surface area (Å²) < 4.78 is 11.8. The smallest absolute Gasteiger partial charge is 0.398 e. The molecule has 1 fully saturated rings. The molecule has 2 rings (SSSR count).